The molecular weight excluding hydrogens is 311 g/mol. The second-order valence-electron chi connectivity index (χ2n) is 5.24. The molecule has 6 heteroatoms. The molecule has 1 aromatic rings. The van der Waals surface area contributed by atoms with Gasteiger partial charge in [-0.3, -0.25) is 4.79 Å². The number of hydrogen-bond donors (Lipinski definition) is 1. The fraction of sp³-hybridized carbons (Fsp3) is 0.333. The van der Waals surface area contributed by atoms with Crippen molar-refractivity contribution in [3.63, 3.8) is 0 Å². The van der Waals surface area contributed by atoms with E-state index in [0.29, 0.717) is 27.6 Å². The van der Waals surface area contributed by atoms with E-state index in [-0.39, 0.29) is 11.8 Å². The number of benzene rings is 1. The van der Waals surface area contributed by atoms with Crippen LogP contribution in [-0.2, 0) is 4.79 Å². The van der Waals surface area contributed by atoms with E-state index >= 15 is 0 Å². The lowest BCUT2D eigenvalue weighted by atomic mass is 9.85. The van der Waals surface area contributed by atoms with Crippen molar-refractivity contribution in [1.29, 1.82) is 0 Å². The number of amides is 2. The number of halogens is 2. The first kappa shape index (κ1) is 14.4. The Morgan fingerprint density at radius 1 is 1.24 bits per heavy atom. The molecule has 1 aliphatic heterocycles. The quantitative estimate of drug-likeness (QED) is 0.856. The highest BCUT2D eigenvalue weighted by Crippen LogP contribution is 2.39. The highest BCUT2D eigenvalue weighted by molar-refractivity contribution is 6.35. The number of hydrogen-bond acceptors (Lipinski definition) is 2. The van der Waals surface area contributed by atoms with Crippen LogP contribution in [0.2, 0.25) is 10.0 Å². The van der Waals surface area contributed by atoms with Gasteiger partial charge in [-0.05, 0) is 30.5 Å². The summed E-state index contributed by atoms with van der Waals surface area (Å²) in [6, 6.07) is 4.37. The number of Topliss-reactive ketones (excluding diaryl/α,β-unsaturated/α-hetero) is 1. The molecule has 3 rings (SSSR count). The zero-order valence-corrected chi connectivity index (χ0v) is 13.0. The Kier molecular flexibility index (Phi) is 3.68. The third kappa shape index (κ3) is 2.43. The highest BCUT2D eigenvalue weighted by Gasteiger charge is 2.37. The van der Waals surface area contributed by atoms with Crippen LogP contribution < -0.4 is 5.32 Å². The summed E-state index contributed by atoms with van der Waals surface area (Å²) in [5, 5.41) is 3.82. The molecule has 1 unspecified atom stereocenters. The van der Waals surface area contributed by atoms with Gasteiger partial charge in [0.2, 0.25) is 0 Å². The summed E-state index contributed by atoms with van der Waals surface area (Å²) < 4.78 is 0. The summed E-state index contributed by atoms with van der Waals surface area (Å²) in [6.07, 6.45) is 2.01. The Morgan fingerprint density at radius 2 is 2.00 bits per heavy atom. The van der Waals surface area contributed by atoms with E-state index in [2.05, 4.69) is 5.32 Å². The van der Waals surface area contributed by atoms with E-state index in [0.717, 1.165) is 18.5 Å². The van der Waals surface area contributed by atoms with E-state index in [1.807, 2.05) is 0 Å². The lowest BCUT2D eigenvalue weighted by Gasteiger charge is -2.37. The lowest BCUT2D eigenvalue weighted by Crippen LogP contribution is -2.47. The summed E-state index contributed by atoms with van der Waals surface area (Å²) in [5.41, 5.74) is 2.14. The highest BCUT2D eigenvalue weighted by atomic mass is 35.5. The normalized spacial score (nSPS) is 22.2. The van der Waals surface area contributed by atoms with Crippen molar-refractivity contribution >= 4 is 35.0 Å². The molecule has 4 nitrogen and oxygen atoms in total. The van der Waals surface area contributed by atoms with E-state index in [4.69, 9.17) is 23.2 Å². The number of ketones is 1. The van der Waals surface area contributed by atoms with Gasteiger partial charge in [0, 0.05) is 34.8 Å². The molecule has 0 radical (unpaired) electrons. The van der Waals surface area contributed by atoms with Crippen molar-refractivity contribution in [1.82, 2.24) is 10.2 Å². The first-order valence-electron chi connectivity index (χ1n) is 6.74. The van der Waals surface area contributed by atoms with E-state index in [1.54, 1.807) is 25.2 Å². The van der Waals surface area contributed by atoms with Gasteiger partial charge >= 0.3 is 6.03 Å². The van der Waals surface area contributed by atoms with Crippen molar-refractivity contribution in [3.05, 3.63) is 45.1 Å². The van der Waals surface area contributed by atoms with Crippen LogP contribution in [0.3, 0.4) is 0 Å². The molecular formula is C15H14Cl2N2O2. The van der Waals surface area contributed by atoms with Crippen molar-refractivity contribution < 1.29 is 9.59 Å². The van der Waals surface area contributed by atoms with Crippen LogP contribution in [0.1, 0.15) is 30.9 Å². The Morgan fingerprint density at radius 3 is 2.71 bits per heavy atom. The average Bonchev–Trinajstić information content (AvgIpc) is 2.43. The fourth-order valence-electron chi connectivity index (χ4n) is 2.91. The third-order valence-corrected chi connectivity index (χ3v) is 4.53. The molecule has 1 aromatic carbocycles. The van der Waals surface area contributed by atoms with Gasteiger partial charge in [0.25, 0.3) is 0 Å². The number of rotatable bonds is 1. The standard InChI is InChI=1S/C15H14Cl2N2O2/c1-19-11-3-2-4-12(20)13(11)14(18-15(19)21)9-6-5-8(16)7-10(9)17/h5-7,14H,2-4H2,1H3,(H,18,21). The van der Waals surface area contributed by atoms with Gasteiger partial charge in [0.1, 0.15) is 0 Å². The molecule has 1 N–H and O–H groups in total. The molecule has 0 fully saturated rings. The summed E-state index contributed by atoms with van der Waals surface area (Å²) >= 11 is 12.2. The van der Waals surface area contributed by atoms with Gasteiger partial charge in [0.05, 0.1) is 6.04 Å². The van der Waals surface area contributed by atoms with Gasteiger partial charge < -0.3 is 10.2 Å². The zero-order chi connectivity index (χ0) is 15.1. The fourth-order valence-corrected chi connectivity index (χ4v) is 3.42. The minimum atomic E-state index is -0.499. The summed E-state index contributed by atoms with van der Waals surface area (Å²) in [7, 11) is 1.68. The molecule has 0 spiro atoms. The van der Waals surface area contributed by atoms with Crippen LogP contribution in [0.25, 0.3) is 0 Å². The molecule has 21 heavy (non-hydrogen) atoms. The van der Waals surface area contributed by atoms with Crippen LogP contribution in [0, 0.1) is 0 Å². The smallest absolute Gasteiger partial charge is 0.322 e. The molecule has 1 aliphatic carbocycles. The van der Waals surface area contributed by atoms with Crippen LogP contribution in [0.5, 0.6) is 0 Å². The number of allylic oxidation sites excluding steroid dienone is 1. The van der Waals surface area contributed by atoms with Crippen LogP contribution in [0.4, 0.5) is 4.79 Å². The molecule has 2 amide bonds. The summed E-state index contributed by atoms with van der Waals surface area (Å²) in [6.45, 7) is 0. The average molecular weight is 325 g/mol. The molecule has 2 aliphatic rings. The van der Waals surface area contributed by atoms with Crippen molar-refractivity contribution in [2.24, 2.45) is 0 Å². The van der Waals surface area contributed by atoms with E-state index in [9.17, 15) is 9.59 Å². The Hall–Kier alpha value is -1.52. The van der Waals surface area contributed by atoms with Gasteiger partial charge in [-0.15, -0.1) is 0 Å². The minimum Gasteiger partial charge on any atom is -0.327 e. The number of carbonyl (C=O) groups excluding carboxylic acids is 2. The Balaban J connectivity index is 2.14. The van der Waals surface area contributed by atoms with Gasteiger partial charge in [-0.1, -0.05) is 29.3 Å². The minimum absolute atomic E-state index is 0.0686. The largest absolute Gasteiger partial charge is 0.327 e. The molecule has 1 heterocycles. The molecule has 0 saturated carbocycles. The maximum Gasteiger partial charge on any atom is 0.322 e. The summed E-state index contributed by atoms with van der Waals surface area (Å²) in [5.74, 6) is 0.0686. The van der Waals surface area contributed by atoms with Crippen LogP contribution >= 0.6 is 23.2 Å². The van der Waals surface area contributed by atoms with Gasteiger partial charge in [-0.2, -0.15) is 0 Å². The number of urea groups is 1. The molecule has 0 aromatic heterocycles. The second kappa shape index (κ2) is 5.35. The predicted octanol–water partition coefficient (Wildman–Crippen LogP) is 3.70. The van der Waals surface area contributed by atoms with Crippen molar-refractivity contribution in [2.75, 3.05) is 7.05 Å². The number of carbonyl (C=O) groups is 2. The topological polar surface area (TPSA) is 49.4 Å². The molecule has 0 saturated heterocycles. The monoisotopic (exact) mass is 324 g/mol. The van der Waals surface area contributed by atoms with Crippen LogP contribution in [-0.4, -0.2) is 23.8 Å². The molecule has 0 bridgehead atoms. The Labute approximate surface area is 132 Å². The first-order chi connectivity index (χ1) is 9.99. The SMILES string of the molecule is CN1C(=O)NC(c2ccc(Cl)cc2Cl)C2=C1CCCC2=O. The molecule has 1 atom stereocenters. The zero-order valence-electron chi connectivity index (χ0n) is 11.5. The van der Waals surface area contributed by atoms with Crippen molar-refractivity contribution in [3.8, 4) is 0 Å². The number of nitrogens with zero attached hydrogens (tertiary/aromatic N) is 1. The number of nitrogens with one attached hydrogen (secondary N) is 1. The first-order valence-corrected chi connectivity index (χ1v) is 7.50. The van der Waals surface area contributed by atoms with E-state index in [1.165, 1.54) is 4.90 Å². The van der Waals surface area contributed by atoms with E-state index < -0.39 is 6.04 Å². The van der Waals surface area contributed by atoms with Gasteiger partial charge in [0.15, 0.2) is 5.78 Å². The second-order valence-corrected chi connectivity index (χ2v) is 6.09. The Bertz CT molecular complexity index is 670. The maximum absolute atomic E-state index is 12.3. The van der Waals surface area contributed by atoms with Gasteiger partial charge in [-0.25, -0.2) is 4.79 Å². The van der Waals surface area contributed by atoms with Crippen molar-refractivity contribution in [2.45, 2.75) is 25.3 Å². The maximum atomic E-state index is 12.3. The predicted molar refractivity (Wildman–Crippen MR) is 81.4 cm³/mol. The molecule has 110 valence electrons. The van der Waals surface area contributed by atoms with Crippen LogP contribution in [0.15, 0.2) is 29.5 Å². The summed E-state index contributed by atoms with van der Waals surface area (Å²) in [4.78, 5) is 26.0. The third-order valence-electron chi connectivity index (χ3n) is 3.97. The lowest BCUT2D eigenvalue weighted by molar-refractivity contribution is -0.116.